The van der Waals surface area contributed by atoms with E-state index in [9.17, 15) is 14.7 Å². The fraction of sp³-hybridized carbons (Fsp3) is 0.154. The number of carboxylic acid groups (broad SMARTS) is 1. The number of carboxylic acids is 1. The van der Waals surface area contributed by atoms with E-state index in [-0.39, 0.29) is 11.8 Å². The van der Waals surface area contributed by atoms with Crippen LogP contribution >= 0.6 is 0 Å². The summed E-state index contributed by atoms with van der Waals surface area (Å²) in [6.45, 7) is 0. The van der Waals surface area contributed by atoms with Gasteiger partial charge < -0.3 is 20.0 Å². The van der Waals surface area contributed by atoms with Gasteiger partial charge >= 0.3 is 5.97 Å². The molecule has 5 rings (SSSR count). The Morgan fingerprint density at radius 1 is 0.903 bits per heavy atom. The number of anilines is 1. The molecule has 0 saturated carbocycles. The Kier molecular flexibility index (Phi) is 4.79. The van der Waals surface area contributed by atoms with Gasteiger partial charge in [0.25, 0.3) is 0 Å². The van der Waals surface area contributed by atoms with E-state index >= 15 is 0 Å². The highest BCUT2D eigenvalue weighted by molar-refractivity contribution is 5.99. The summed E-state index contributed by atoms with van der Waals surface area (Å²) in [4.78, 5) is 24.7. The molecule has 154 valence electrons. The molecule has 0 spiro atoms. The van der Waals surface area contributed by atoms with Crippen LogP contribution in [0.25, 0.3) is 11.1 Å². The SMILES string of the molecule is O=C(Oc1ccc(-c2ccccc2)cc1)c1cccc2c1N[C@@H](C(=O)[O-])[C@@H]1CC=C[C@H]21. The van der Waals surface area contributed by atoms with Gasteiger partial charge in [0.2, 0.25) is 0 Å². The minimum atomic E-state index is -1.16. The highest BCUT2D eigenvalue weighted by Gasteiger charge is 2.39. The molecule has 0 radical (unpaired) electrons. The number of hydrogen-bond donors (Lipinski definition) is 1. The number of rotatable bonds is 4. The van der Waals surface area contributed by atoms with Crippen molar-refractivity contribution in [1.82, 2.24) is 0 Å². The molecule has 5 nitrogen and oxygen atoms in total. The van der Waals surface area contributed by atoms with E-state index in [0.717, 1.165) is 16.7 Å². The quantitative estimate of drug-likeness (QED) is 0.402. The molecule has 5 heteroatoms. The fourth-order valence-electron chi connectivity index (χ4n) is 4.53. The summed E-state index contributed by atoms with van der Waals surface area (Å²) in [7, 11) is 0. The largest absolute Gasteiger partial charge is 0.548 e. The normalized spacial score (nSPS) is 21.0. The molecule has 0 fully saturated rings. The number of esters is 1. The number of para-hydroxylation sites is 1. The van der Waals surface area contributed by atoms with Crippen molar-refractivity contribution < 1.29 is 19.4 Å². The van der Waals surface area contributed by atoms with Crippen LogP contribution in [0.3, 0.4) is 0 Å². The third-order valence-corrected chi connectivity index (χ3v) is 6.04. The van der Waals surface area contributed by atoms with Crippen molar-refractivity contribution in [3.05, 3.63) is 96.1 Å². The number of ether oxygens (including phenoxy) is 1. The summed E-state index contributed by atoms with van der Waals surface area (Å²) < 4.78 is 5.60. The van der Waals surface area contributed by atoms with Crippen LogP contribution in [-0.2, 0) is 4.79 Å². The Balaban J connectivity index is 1.41. The molecule has 3 aromatic carbocycles. The summed E-state index contributed by atoms with van der Waals surface area (Å²) in [5.74, 6) is -1.45. The predicted molar refractivity (Wildman–Crippen MR) is 116 cm³/mol. The average molecular weight is 410 g/mol. The summed E-state index contributed by atoms with van der Waals surface area (Å²) in [5.41, 5.74) is 3.83. The number of carbonyl (C=O) groups is 2. The Labute approximate surface area is 180 Å². The monoisotopic (exact) mass is 410 g/mol. The van der Waals surface area contributed by atoms with Crippen molar-refractivity contribution in [1.29, 1.82) is 0 Å². The zero-order chi connectivity index (χ0) is 21.4. The maximum absolute atomic E-state index is 13.0. The lowest BCUT2D eigenvalue weighted by Gasteiger charge is -2.38. The van der Waals surface area contributed by atoms with E-state index in [2.05, 4.69) is 5.32 Å². The second-order valence-corrected chi connectivity index (χ2v) is 7.84. The molecule has 3 aromatic rings. The number of benzene rings is 3. The van der Waals surface area contributed by atoms with Crippen LogP contribution < -0.4 is 15.2 Å². The van der Waals surface area contributed by atoms with Crippen LogP contribution in [0.1, 0.15) is 28.3 Å². The highest BCUT2D eigenvalue weighted by Crippen LogP contribution is 2.45. The van der Waals surface area contributed by atoms with Crippen LogP contribution in [0.5, 0.6) is 5.75 Å². The summed E-state index contributed by atoms with van der Waals surface area (Å²) in [6.07, 6.45) is 4.66. The van der Waals surface area contributed by atoms with Gasteiger partial charge in [0.15, 0.2) is 0 Å². The molecule has 3 atom stereocenters. The number of aliphatic carboxylic acids is 1. The lowest BCUT2D eigenvalue weighted by atomic mass is 9.78. The summed E-state index contributed by atoms with van der Waals surface area (Å²) in [6, 6.07) is 21.8. The number of carbonyl (C=O) groups excluding carboxylic acids is 2. The summed E-state index contributed by atoms with van der Waals surface area (Å²) >= 11 is 0. The maximum atomic E-state index is 13.0. The van der Waals surface area contributed by atoms with Crippen molar-refractivity contribution in [2.75, 3.05) is 5.32 Å². The fourth-order valence-corrected chi connectivity index (χ4v) is 4.53. The molecule has 2 aliphatic rings. The van der Waals surface area contributed by atoms with Gasteiger partial charge in [-0.25, -0.2) is 4.79 Å². The molecule has 0 unspecified atom stereocenters. The van der Waals surface area contributed by atoms with Crippen molar-refractivity contribution >= 4 is 17.6 Å². The van der Waals surface area contributed by atoms with E-state index < -0.39 is 18.0 Å². The standard InChI is InChI=1S/C26H21NO4/c28-25(29)24-21-10-4-8-19(21)20-9-5-11-22(23(20)27-24)26(30)31-18-14-12-17(13-15-18)16-6-2-1-3-7-16/h1-9,11-15,19,21,24,27H,10H2,(H,28,29)/p-1/t19-,21-,24-/m1/s1. The molecule has 31 heavy (non-hydrogen) atoms. The van der Waals surface area contributed by atoms with Gasteiger partial charge in [-0.3, -0.25) is 0 Å². The third-order valence-electron chi connectivity index (χ3n) is 6.04. The molecule has 0 amide bonds. The minimum Gasteiger partial charge on any atom is -0.548 e. The molecule has 0 bridgehead atoms. The number of hydrogen-bond acceptors (Lipinski definition) is 5. The second-order valence-electron chi connectivity index (χ2n) is 7.84. The maximum Gasteiger partial charge on any atom is 0.345 e. The van der Waals surface area contributed by atoms with Gasteiger partial charge in [0, 0.05) is 5.92 Å². The Morgan fingerprint density at radius 2 is 1.65 bits per heavy atom. The Hall–Kier alpha value is -3.86. The van der Waals surface area contributed by atoms with Crippen molar-refractivity contribution in [3.8, 4) is 16.9 Å². The number of allylic oxidation sites excluding steroid dienone is 2. The lowest BCUT2D eigenvalue weighted by molar-refractivity contribution is -0.308. The van der Waals surface area contributed by atoms with Crippen LogP contribution in [0, 0.1) is 5.92 Å². The molecule has 1 aliphatic carbocycles. The minimum absolute atomic E-state index is 0.0583. The van der Waals surface area contributed by atoms with Gasteiger partial charge in [0.05, 0.1) is 23.3 Å². The number of fused-ring (bicyclic) bond motifs is 3. The average Bonchev–Trinajstić information content (AvgIpc) is 3.29. The van der Waals surface area contributed by atoms with Gasteiger partial charge in [0.1, 0.15) is 5.75 Å². The lowest BCUT2D eigenvalue weighted by Crippen LogP contribution is -2.49. The first-order valence-electron chi connectivity index (χ1n) is 10.3. The van der Waals surface area contributed by atoms with Crippen molar-refractivity contribution in [2.45, 2.75) is 18.4 Å². The van der Waals surface area contributed by atoms with E-state index in [1.54, 1.807) is 24.3 Å². The molecule has 0 saturated heterocycles. The van der Waals surface area contributed by atoms with Crippen LogP contribution in [0.4, 0.5) is 5.69 Å². The summed E-state index contributed by atoms with van der Waals surface area (Å²) in [5, 5.41) is 14.7. The van der Waals surface area contributed by atoms with Crippen LogP contribution in [-0.4, -0.2) is 18.0 Å². The topological polar surface area (TPSA) is 78.5 Å². The van der Waals surface area contributed by atoms with Crippen LogP contribution in [0.15, 0.2) is 84.9 Å². The smallest absolute Gasteiger partial charge is 0.345 e. The highest BCUT2D eigenvalue weighted by atomic mass is 16.5. The second kappa shape index (κ2) is 7.76. The zero-order valence-corrected chi connectivity index (χ0v) is 16.7. The molecule has 1 N–H and O–H groups in total. The van der Waals surface area contributed by atoms with E-state index in [4.69, 9.17) is 4.74 Å². The molecule has 1 heterocycles. The van der Waals surface area contributed by atoms with Gasteiger partial charge in [-0.15, -0.1) is 0 Å². The zero-order valence-electron chi connectivity index (χ0n) is 16.7. The first kappa shape index (κ1) is 19.1. The van der Waals surface area contributed by atoms with E-state index in [0.29, 0.717) is 23.4 Å². The van der Waals surface area contributed by atoms with Gasteiger partial charge in [-0.05, 0) is 47.2 Å². The Morgan fingerprint density at radius 3 is 2.39 bits per heavy atom. The third kappa shape index (κ3) is 3.48. The first-order valence-corrected chi connectivity index (χ1v) is 10.3. The molecule has 0 aromatic heterocycles. The van der Waals surface area contributed by atoms with Gasteiger partial charge in [-0.2, -0.15) is 0 Å². The molecule has 1 aliphatic heterocycles. The number of nitrogens with one attached hydrogen (secondary N) is 1. The molecular weight excluding hydrogens is 390 g/mol. The molecular formula is C26H20NO4-. The van der Waals surface area contributed by atoms with Crippen molar-refractivity contribution in [3.63, 3.8) is 0 Å². The van der Waals surface area contributed by atoms with Gasteiger partial charge in [-0.1, -0.05) is 66.7 Å². The van der Waals surface area contributed by atoms with Crippen molar-refractivity contribution in [2.24, 2.45) is 5.92 Å². The Bertz CT molecular complexity index is 1170. The van der Waals surface area contributed by atoms with E-state index in [1.807, 2.05) is 60.7 Å². The van der Waals surface area contributed by atoms with Crippen LogP contribution in [0.2, 0.25) is 0 Å². The first-order chi connectivity index (χ1) is 15.1. The predicted octanol–water partition coefficient (Wildman–Crippen LogP) is 3.78. The van der Waals surface area contributed by atoms with E-state index in [1.165, 1.54) is 0 Å².